The van der Waals surface area contributed by atoms with Crippen LogP contribution >= 0.6 is 0 Å². The second-order valence-electron chi connectivity index (χ2n) is 5.75. The van der Waals surface area contributed by atoms with E-state index in [1.54, 1.807) is 18.2 Å². The molecule has 4 heteroatoms. The number of nitrogen functional groups attached to an aromatic ring is 1. The van der Waals surface area contributed by atoms with Gasteiger partial charge in [-0.2, -0.15) is 0 Å². The van der Waals surface area contributed by atoms with Gasteiger partial charge in [-0.05, 0) is 43.0 Å². The molecular formula is C16H20N2O2. The monoisotopic (exact) mass is 272 g/mol. The zero-order valence-corrected chi connectivity index (χ0v) is 11.7. The molecule has 0 saturated heterocycles. The molecule has 2 aromatic rings. The summed E-state index contributed by atoms with van der Waals surface area (Å²) in [7, 11) is 0. The molecule has 1 saturated carbocycles. The molecule has 3 N–H and O–H groups in total. The SMILES string of the molecule is CC1CCCCC1NC(=O)c1cc2cc(N)ccc2o1. The largest absolute Gasteiger partial charge is 0.451 e. The van der Waals surface area contributed by atoms with Gasteiger partial charge in [0, 0.05) is 17.1 Å². The number of carbonyl (C=O) groups excluding carboxylic acids is 1. The van der Waals surface area contributed by atoms with Gasteiger partial charge < -0.3 is 15.5 Å². The van der Waals surface area contributed by atoms with Crippen LogP contribution in [0.3, 0.4) is 0 Å². The van der Waals surface area contributed by atoms with Gasteiger partial charge in [0.1, 0.15) is 5.58 Å². The van der Waals surface area contributed by atoms with Gasteiger partial charge in [0.2, 0.25) is 0 Å². The van der Waals surface area contributed by atoms with Crippen molar-refractivity contribution in [1.82, 2.24) is 5.32 Å². The van der Waals surface area contributed by atoms with Crippen LogP contribution in [0.2, 0.25) is 0 Å². The highest BCUT2D eigenvalue weighted by Crippen LogP contribution is 2.25. The number of furan rings is 1. The molecule has 0 aliphatic heterocycles. The Morgan fingerprint density at radius 3 is 2.90 bits per heavy atom. The van der Waals surface area contributed by atoms with Gasteiger partial charge in [0.05, 0.1) is 0 Å². The average molecular weight is 272 g/mol. The Balaban J connectivity index is 1.78. The Kier molecular flexibility index (Phi) is 3.38. The van der Waals surface area contributed by atoms with Crippen molar-refractivity contribution in [2.24, 2.45) is 5.92 Å². The predicted molar refractivity (Wildman–Crippen MR) is 79.5 cm³/mol. The fourth-order valence-electron chi connectivity index (χ4n) is 2.94. The Hall–Kier alpha value is -1.97. The highest BCUT2D eigenvalue weighted by Gasteiger charge is 2.24. The summed E-state index contributed by atoms with van der Waals surface area (Å²) in [5, 5.41) is 3.96. The number of nitrogens with two attached hydrogens (primary N) is 1. The van der Waals surface area contributed by atoms with E-state index in [9.17, 15) is 4.79 Å². The summed E-state index contributed by atoms with van der Waals surface area (Å²) in [4.78, 5) is 12.3. The van der Waals surface area contributed by atoms with Gasteiger partial charge >= 0.3 is 0 Å². The molecule has 106 valence electrons. The number of hydrogen-bond acceptors (Lipinski definition) is 3. The third-order valence-corrected chi connectivity index (χ3v) is 4.19. The molecule has 4 nitrogen and oxygen atoms in total. The highest BCUT2D eigenvalue weighted by atomic mass is 16.3. The number of benzene rings is 1. The van der Waals surface area contributed by atoms with E-state index in [0.29, 0.717) is 22.9 Å². The Morgan fingerprint density at radius 1 is 1.30 bits per heavy atom. The number of carbonyl (C=O) groups is 1. The summed E-state index contributed by atoms with van der Waals surface area (Å²) >= 11 is 0. The predicted octanol–water partition coefficient (Wildman–Crippen LogP) is 3.32. The molecule has 1 aromatic heterocycles. The number of hydrogen-bond donors (Lipinski definition) is 2. The van der Waals surface area contributed by atoms with E-state index >= 15 is 0 Å². The van der Waals surface area contributed by atoms with Gasteiger partial charge in [-0.15, -0.1) is 0 Å². The number of anilines is 1. The third-order valence-electron chi connectivity index (χ3n) is 4.19. The van der Waals surface area contributed by atoms with Crippen LogP contribution in [0.1, 0.15) is 43.2 Å². The van der Waals surface area contributed by atoms with Crippen LogP contribution in [0.15, 0.2) is 28.7 Å². The fourth-order valence-corrected chi connectivity index (χ4v) is 2.94. The lowest BCUT2D eigenvalue weighted by Gasteiger charge is -2.29. The third kappa shape index (κ3) is 2.50. The Labute approximate surface area is 118 Å². The summed E-state index contributed by atoms with van der Waals surface area (Å²) in [5.74, 6) is 0.773. The van der Waals surface area contributed by atoms with E-state index in [-0.39, 0.29) is 11.9 Å². The number of rotatable bonds is 2. The van der Waals surface area contributed by atoms with Crippen LogP contribution in [0.25, 0.3) is 11.0 Å². The first-order chi connectivity index (χ1) is 9.63. The molecule has 0 spiro atoms. The van der Waals surface area contributed by atoms with Gasteiger partial charge in [0.15, 0.2) is 5.76 Å². The zero-order valence-electron chi connectivity index (χ0n) is 11.7. The van der Waals surface area contributed by atoms with Crippen molar-refractivity contribution in [3.63, 3.8) is 0 Å². The maximum atomic E-state index is 12.3. The van der Waals surface area contributed by atoms with Crippen molar-refractivity contribution < 1.29 is 9.21 Å². The molecule has 1 heterocycles. The van der Waals surface area contributed by atoms with E-state index in [1.165, 1.54) is 19.3 Å². The first-order valence-corrected chi connectivity index (χ1v) is 7.23. The molecule has 1 fully saturated rings. The molecule has 1 aromatic carbocycles. The number of amides is 1. The van der Waals surface area contributed by atoms with Gasteiger partial charge in [-0.1, -0.05) is 19.8 Å². The zero-order chi connectivity index (χ0) is 14.1. The van der Waals surface area contributed by atoms with E-state index in [2.05, 4.69) is 12.2 Å². The van der Waals surface area contributed by atoms with Gasteiger partial charge in [-0.25, -0.2) is 0 Å². The fraction of sp³-hybridized carbons (Fsp3) is 0.438. The van der Waals surface area contributed by atoms with Crippen molar-refractivity contribution in [3.05, 3.63) is 30.0 Å². The van der Waals surface area contributed by atoms with Crippen LogP contribution < -0.4 is 11.1 Å². The van der Waals surface area contributed by atoms with Crippen molar-refractivity contribution in [3.8, 4) is 0 Å². The number of fused-ring (bicyclic) bond motifs is 1. The summed E-state index contributed by atoms with van der Waals surface area (Å²) in [6, 6.07) is 7.41. The van der Waals surface area contributed by atoms with Crippen molar-refractivity contribution in [2.75, 3.05) is 5.73 Å². The summed E-state index contributed by atoms with van der Waals surface area (Å²) in [6.07, 6.45) is 4.69. The summed E-state index contributed by atoms with van der Waals surface area (Å²) < 4.78 is 5.59. The van der Waals surface area contributed by atoms with Crippen LogP contribution in [0, 0.1) is 5.92 Å². The van der Waals surface area contributed by atoms with Crippen LogP contribution in [-0.4, -0.2) is 11.9 Å². The van der Waals surface area contributed by atoms with Crippen LogP contribution in [0.5, 0.6) is 0 Å². The first-order valence-electron chi connectivity index (χ1n) is 7.23. The lowest BCUT2D eigenvalue weighted by atomic mass is 9.86. The smallest absolute Gasteiger partial charge is 0.287 e. The molecule has 1 amide bonds. The van der Waals surface area contributed by atoms with Crippen LogP contribution in [0.4, 0.5) is 5.69 Å². The maximum absolute atomic E-state index is 12.3. The Bertz CT molecular complexity index is 632. The molecule has 2 unspecified atom stereocenters. The van der Waals surface area contributed by atoms with Gasteiger partial charge in [0.25, 0.3) is 5.91 Å². The minimum absolute atomic E-state index is 0.126. The topological polar surface area (TPSA) is 68.3 Å². The lowest BCUT2D eigenvalue weighted by molar-refractivity contribution is 0.0884. The normalized spacial score (nSPS) is 22.9. The average Bonchev–Trinajstić information content (AvgIpc) is 2.84. The van der Waals surface area contributed by atoms with E-state index in [4.69, 9.17) is 10.2 Å². The molecule has 0 radical (unpaired) electrons. The molecule has 0 bridgehead atoms. The molecule has 2 atom stereocenters. The summed E-state index contributed by atoms with van der Waals surface area (Å²) in [5.41, 5.74) is 7.10. The Morgan fingerprint density at radius 2 is 2.10 bits per heavy atom. The lowest BCUT2D eigenvalue weighted by Crippen LogP contribution is -2.40. The van der Waals surface area contributed by atoms with E-state index in [1.807, 2.05) is 6.07 Å². The minimum atomic E-state index is -0.126. The molecule has 1 aliphatic rings. The number of nitrogens with one attached hydrogen (secondary N) is 1. The van der Waals surface area contributed by atoms with Crippen molar-refractivity contribution in [2.45, 2.75) is 38.6 Å². The van der Waals surface area contributed by atoms with Crippen molar-refractivity contribution in [1.29, 1.82) is 0 Å². The highest BCUT2D eigenvalue weighted by molar-refractivity contribution is 5.96. The van der Waals surface area contributed by atoms with Gasteiger partial charge in [-0.3, -0.25) is 4.79 Å². The molecule has 1 aliphatic carbocycles. The molecule has 3 rings (SSSR count). The second kappa shape index (κ2) is 5.19. The van der Waals surface area contributed by atoms with E-state index in [0.717, 1.165) is 11.8 Å². The van der Waals surface area contributed by atoms with Crippen LogP contribution in [-0.2, 0) is 0 Å². The standard InChI is InChI=1S/C16H20N2O2/c1-10-4-2-3-5-13(10)18-16(19)15-9-11-8-12(17)6-7-14(11)20-15/h6-10,13H,2-5,17H2,1H3,(H,18,19). The first kappa shape index (κ1) is 13.0. The minimum Gasteiger partial charge on any atom is -0.451 e. The second-order valence-corrected chi connectivity index (χ2v) is 5.75. The van der Waals surface area contributed by atoms with Crippen molar-refractivity contribution >= 4 is 22.6 Å². The molecule has 20 heavy (non-hydrogen) atoms. The summed E-state index contributed by atoms with van der Waals surface area (Å²) in [6.45, 7) is 2.20. The van der Waals surface area contributed by atoms with E-state index < -0.39 is 0 Å². The molecular weight excluding hydrogens is 252 g/mol. The quantitative estimate of drug-likeness (QED) is 0.824. The maximum Gasteiger partial charge on any atom is 0.287 e.